The molecule has 2 saturated heterocycles. The molecule has 2 amide bonds. The Morgan fingerprint density at radius 1 is 0.229 bits per heavy atom. The maximum Gasteiger partial charge on any atom is 1.00 e. The Kier molecular flexibility index (Phi) is 107. The van der Waals surface area contributed by atoms with Crippen molar-refractivity contribution >= 4 is 178 Å². The third-order valence-electron chi connectivity index (χ3n) is 13.7. The maximum absolute atomic E-state index is 13.6. The number of carbonyl (C=O) groups excluding carboxylic acids is 2. The Bertz CT molecular complexity index is 5280. The molecule has 72 nitrogen and oxygen atoms in total. The fraction of sp³-hybridized carbons (Fsp3) is 0.944. The molecule has 104 heteroatoms. The number of hydrogen-bond acceptors (Lipinski definition) is 70. The van der Waals surface area contributed by atoms with E-state index in [4.69, 9.17) is 18.9 Å². The van der Waals surface area contributed by atoms with Crippen molar-refractivity contribution in [2.24, 2.45) is 0 Å². The van der Waals surface area contributed by atoms with Gasteiger partial charge in [0.05, 0.1) is 26.4 Å². The van der Waals surface area contributed by atoms with Crippen LogP contribution in [0.2, 0.25) is 0 Å². The number of ether oxygens (including phenoxy) is 4. The summed E-state index contributed by atoms with van der Waals surface area (Å²) in [4.78, 5) is 27.2. The molecule has 738 valence electrons. The second-order valence-electron chi connectivity index (χ2n) is 22.9. The molecule has 2 aliphatic heterocycles. The van der Waals surface area contributed by atoms with Crippen molar-refractivity contribution in [3.05, 3.63) is 0 Å². The van der Waals surface area contributed by atoms with Gasteiger partial charge in [-0.05, 0) is 12.8 Å². The van der Waals surface area contributed by atoms with Gasteiger partial charge in [0.1, 0.15) is 73.2 Å². The van der Waals surface area contributed by atoms with Gasteiger partial charge in [-0.25, -0.2) is 135 Å². The predicted molar refractivity (Wildman–Crippen MR) is 337 cm³/mol. The van der Waals surface area contributed by atoms with Gasteiger partial charge < -0.3 is 102 Å². The van der Waals surface area contributed by atoms with E-state index in [0.717, 1.165) is 0 Å². The smallest absolute Gasteiger partial charge is 0.726 e. The van der Waals surface area contributed by atoms with Crippen molar-refractivity contribution in [2.45, 2.75) is 174 Å². The molecule has 0 aromatic heterocycles. The summed E-state index contributed by atoms with van der Waals surface area (Å²) in [6, 6.07) is 0. The van der Waals surface area contributed by atoms with Gasteiger partial charge in [-0.15, -0.1) is 0 Å². The van der Waals surface area contributed by atoms with Crippen LogP contribution in [0.5, 0.6) is 0 Å². The SMILES string of the molecule is O=C(NCCCCCCCCCCCCNC(=O)[C@H](OS(=O)(=O)[O-])[C@@H](OS(=O)(=O)[O-])[C@H](OS(=O)(=O)[O-])[C@@H](CO[C@H]1O[C@H](COS(=O)(=O)[O-])[C@H](OS(=O)(=O)[O-])[C@H](OS(=O)(=O)[O-])[C@H]1OS(=O)(=O)[O-])OS(=O)(=O)[O-])[C@H](OS(=O)(=O)[O-])[C@@H](OS(=O)(=O)[O-])[C@H](OS(=O)(=O)[O-])[C@@H](CO[C@H]1O[C@H](COS(=O)(=O)[O-])[C@H](OS(=O)(=O)[O-])[C@H](OS(=O)(=O)[O-])[C@H]1OS(=O)(=O)[O-])OS(=O)(=O)[O-].[Na+].[Na+].[Na+].[Na+].[Na+].[Na+].[Na+].[Na+].[Na+].[Na+].[Na+].[Na+].[Na+].[Na+].[Na+].[Na+]. The van der Waals surface area contributed by atoms with Crippen molar-refractivity contribution in [2.75, 3.05) is 39.5 Å². The predicted octanol–water partition coefficient (Wildman–Crippen LogP) is -64.5. The van der Waals surface area contributed by atoms with E-state index in [1.807, 2.05) is 0 Å². The molecule has 2 N–H and O–H groups in total. The summed E-state index contributed by atoms with van der Waals surface area (Å²) < 4.78 is 651. The second kappa shape index (κ2) is 80.6. The normalized spacial score (nSPS) is 20.7. The van der Waals surface area contributed by atoms with E-state index in [-0.39, 0.29) is 537 Å². The zero-order valence-corrected chi connectivity index (χ0v) is 120. The maximum atomic E-state index is 13.6. The molecule has 0 bridgehead atoms. The molecule has 0 unspecified atom stereocenters. The first-order valence-corrected chi connectivity index (χ1v) is 51.9. The molecule has 0 saturated carbocycles. The number of rotatable bonds is 61. The number of amides is 2. The van der Waals surface area contributed by atoms with Gasteiger partial charge in [-0.2, -0.15) is 0 Å². The number of carbonyl (C=O) groups is 2. The molecule has 2 rings (SSSR count). The summed E-state index contributed by atoms with van der Waals surface area (Å²) in [6.45, 7) is -11.4. The topological polar surface area (TPSA) is 1160 Å². The van der Waals surface area contributed by atoms with Crippen molar-refractivity contribution in [1.29, 1.82) is 0 Å². The average Bonchev–Trinajstić information content (AvgIpc) is 0.770. The molecule has 2 aliphatic rings. The van der Waals surface area contributed by atoms with Crippen LogP contribution in [0.1, 0.15) is 64.2 Å². The summed E-state index contributed by atoms with van der Waals surface area (Å²) >= 11 is 0. The standard InChI is InChI=1S/C36H68N2O70S16.16Na/c39-33(29(105-121(77,78)79)25(101-117(65,66)67)23(99-115(59,60)61)19(95-111(47,48)49)13-89-35-31(107-123(83,84)85)27(103-119(71,72)73)21(97-113(53,54)55)17(93-35)15-91-109(41,42)43)37-11-9-7-5-3-1-2-4-6-8-10-12-38-34(40)30(106-122(80,81)82)26(102-118(68,69)70)24(100-116(62,63)64)20(96-112(50,51)52)14-90-36-32(108-124(86,87)88)28(104-120(74,75)76)22(98-114(56,57)58)18(94-36)16-92-110(44,45)46;;;;;;;;;;;;;;;;/h17-32,35-36H,1-16H2,(H,37,39)(H,38,40)(H,41,42,43)(H,44,45,46)(H,47,48,49)(H,50,51,52)(H,53,54,55)(H,56,57,58)(H,59,60,61)(H,62,63,64)(H,65,66,67)(H,68,69,70)(H,71,72,73)(H,74,75,76)(H,77,78,79)(H,80,81,82)(H,83,84,85)(H,86,87,88);;;;;;;;;;;;;;;;/q;16*+1/p-16/t17-,18-,19-,20-,21+,22+,23-,24-,25+,26+,27+,28+,29-,30-,31-,32-,35+,36+;;;;;;;;;;;;;;;;/m1................/s1. The summed E-state index contributed by atoms with van der Waals surface area (Å²) in [7, 11) is -107. The number of nitrogens with one attached hydrogen (secondary N) is 2. The first-order chi connectivity index (χ1) is 55.3. The van der Waals surface area contributed by atoms with E-state index in [1.54, 1.807) is 10.6 Å². The van der Waals surface area contributed by atoms with E-state index in [0.29, 0.717) is 0 Å². The van der Waals surface area contributed by atoms with Crippen molar-refractivity contribution < 1.29 is 776 Å². The molecular formula is C36H52N2Na16O70S16. The summed E-state index contributed by atoms with van der Waals surface area (Å²) in [5, 5.41) is 3.32. The number of hydrogen-bond donors (Lipinski definition) is 2. The quantitative estimate of drug-likeness (QED) is 0.0247. The monoisotopic (exact) mass is 2510 g/mol. The first kappa shape index (κ1) is 185. The molecule has 0 aromatic carbocycles. The van der Waals surface area contributed by atoms with Gasteiger partial charge in [0.25, 0.3) is 11.8 Å². The van der Waals surface area contributed by atoms with Crippen LogP contribution in [-0.2, 0) is 262 Å². The summed E-state index contributed by atoms with van der Waals surface area (Å²) in [6.07, 6.45) is -67.5. The van der Waals surface area contributed by atoms with Gasteiger partial charge >= 0.3 is 473 Å². The van der Waals surface area contributed by atoms with Crippen LogP contribution in [0.25, 0.3) is 0 Å². The Morgan fingerprint density at radius 3 is 0.607 bits per heavy atom. The Labute approximate surface area is 1160 Å². The first-order valence-electron chi connectivity index (χ1n) is 30.5. The van der Waals surface area contributed by atoms with E-state index in [1.165, 1.54) is 0 Å². The zero-order chi connectivity index (χ0) is 96.4. The molecule has 0 aromatic rings. The third kappa shape index (κ3) is 90.0. The van der Waals surface area contributed by atoms with Crippen molar-refractivity contribution in [1.82, 2.24) is 10.6 Å². The summed E-state index contributed by atoms with van der Waals surface area (Å²) in [5.41, 5.74) is 0. The van der Waals surface area contributed by atoms with Crippen LogP contribution >= 0.6 is 0 Å². The molecule has 18 atom stereocenters. The fourth-order valence-electron chi connectivity index (χ4n) is 9.90. The molecular weight excluding hydrogens is 2460 g/mol. The minimum absolute atomic E-state index is 0. The van der Waals surface area contributed by atoms with Crippen LogP contribution in [-0.4, -0.2) is 369 Å². The van der Waals surface area contributed by atoms with Crippen LogP contribution in [0.3, 0.4) is 0 Å². The molecule has 2 heterocycles. The van der Waals surface area contributed by atoms with E-state index >= 15 is 0 Å². The zero-order valence-electron chi connectivity index (χ0n) is 74.8. The van der Waals surface area contributed by atoms with Crippen LogP contribution in [0, 0.1) is 0 Å². The number of unbranched alkanes of at least 4 members (excludes halogenated alkanes) is 9. The minimum Gasteiger partial charge on any atom is -0.726 e. The Morgan fingerprint density at radius 2 is 0.414 bits per heavy atom. The molecule has 2 fully saturated rings. The summed E-state index contributed by atoms with van der Waals surface area (Å²) in [5.74, 6) is -4.72. The second-order valence-corrected chi connectivity index (χ2v) is 39.1. The molecule has 0 aliphatic carbocycles. The average molecular weight is 2510 g/mol. The molecule has 0 spiro atoms. The van der Waals surface area contributed by atoms with E-state index in [9.17, 15) is 217 Å². The van der Waals surface area contributed by atoms with Gasteiger partial charge in [0, 0.05) is 13.1 Å². The third-order valence-corrected chi connectivity index (χ3v) is 21.0. The van der Waals surface area contributed by atoms with Crippen LogP contribution < -0.4 is 484 Å². The van der Waals surface area contributed by atoms with Crippen molar-refractivity contribution in [3.8, 4) is 0 Å². The molecule has 140 heavy (non-hydrogen) atoms. The van der Waals surface area contributed by atoms with Crippen LogP contribution in [0.15, 0.2) is 0 Å². The van der Waals surface area contributed by atoms with Gasteiger partial charge in [-0.3, -0.25) is 76.5 Å². The van der Waals surface area contributed by atoms with Gasteiger partial charge in [0.15, 0.2) is 37.0 Å². The van der Waals surface area contributed by atoms with Gasteiger partial charge in [-0.1, -0.05) is 51.4 Å². The Hall–Kier alpha value is 12.7. The van der Waals surface area contributed by atoms with Crippen molar-refractivity contribution in [3.63, 3.8) is 0 Å². The Balaban J connectivity index is -0.000000751. The largest absolute Gasteiger partial charge is 1.00 e. The fourth-order valence-corrected chi connectivity index (χ4v) is 17.3. The van der Waals surface area contributed by atoms with E-state index < -0.39 is 328 Å². The van der Waals surface area contributed by atoms with Gasteiger partial charge in [0.2, 0.25) is 166 Å². The minimum atomic E-state index is -6.94. The van der Waals surface area contributed by atoms with Crippen LogP contribution in [0.4, 0.5) is 0 Å². The van der Waals surface area contributed by atoms with E-state index in [2.05, 4.69) is 66.9 Å². The molecule has 0 radical (unpaired) electrons.